The van der Waals surface area contributed by atoms with Gasteiger partial charge in [-0.3, -0.25) is 0 Å². The molecule has 0 aromatic heterocycles. The molecule has 0 spiro atoms. The average molecular weight is 424 g/mol. The number of dihydropyridines is 1. The van der Waals surface area contributed by atoms with Crippen LogP contribution >= 0.6 is 0 Å². The number of nitrogens with zero attached hydrogens (tertiary/aromatic N) is 1. The van der Waals surface area contributed by atoms with Gasteiger partial charge in [0, 0.05) is 0 Å². The SMILES string of the molecule is C=C(C1C=C(C(F)(F)F)C=CN1)N(OC(=O)c1ccc(C)cc1)C(=O)OC(C)CC. The fourth-order valence-corrected chi connectivity index (χ4v) is 2.37. The van der Waals surface area contributed by atoms with Crippen molar-refractivity contribution in [3.05, 3.63) is 71.6 Å². The summed E-state index contributed by atoms with van der Waals surface area (Å²) < 4.78 is 44.3. The van der Waals surface area contributed by atoms with Crippen LogP contribution in [0.3, 0.4) is 0 Å². The largest absolute Gasteiger partial charge is 0.448 e. The number of halogens is 3. The van der Waals surface area contributed by atoms with Crippen LogP contribution in [0.4, 0.5) is 18.0 Å². The van der Waals surface area contributed by atoms with Gasteiger partial charge >= 0.3 is 18.2 Å². The molecule has 2 unspecified atom stereocenters. The third kappa shape index (κ3) is 5.88. The van der Waals surface area contributed by atoms with Gasteiger partial charge in [0.2, 0.25) is 0 Å². The van der Waals surface area contributed by atoms with Crippen LogP contribution < -0.4 is 5.32 Å². The van der Waals surface area contributed by atoms with Gasteiger partial charge < -0.3 is 14.9 Å². The van der Waals surface area contributed by atoms with E-state index in [0.29, 0.717) is 11.5 Å². The molecule has 9 heteroatoms. The Balaban J connectivity index is 2.28. The second-order valence-electron chi connectivity index (χ2n) is 6.73. The number of nitrogens with one attached hydrogen (secondary N) is 1. The quantitative estimate of drug-likeness (QED) is 0.689. The van der Waals surface area contributed by atoms with Crippen LogP contribution in [-0.4, -0.2) is 35.4 Å². The number of hydrogen-bond acceptors (Lipinski definition) is 5. The standard InChI is InChI=1S/C21H23F3N2O4/c1-5-14(3)29-20(28)26(30-19(27)16-8-6-13(2)7-9-16)15(4)18-12-17(10-11-25-18)21(22,23)24/h6-12,14,18,25H,4-5H2,1-3H3. The summed E-state index contributed by atoms with van der Waals surface area (Å²) in [6, 6.07) is 5.21. The smallest absolute Gasteiger partial charge is 0.444 e. The van der Waals surface area contributed by atoms with Gasteiger partial charge in [-0.2, -0.15) is 13.2 Å². The summed E-state index contributed by atoms with van der Waals surface area (Å²) in [6.45, 7) is 8.89. The van der Waals surface area contributed by atoms with Crippen LogP contribution in [0.2, 0.25) is 0 Å². The lowest BCUT2D eigenvalue weighted by molar-refractivity contribution is -0.0898. The minimum atomic E-state index is -4.59. The lowest BCUT2D eigenvalue weighted by atomic mass is 10.1. The molecule has 1 N–H and O–H groups in total. The third-order valence-corrected chi connectivity index (χ3v) is 4.34. The first-order chi connectivity index (χ1) is 14.0. The minimum Gasteiger partial charge on any atom is -0.444 e. The van der Waals surface area contributed by atoms with Gasteiger partial charge in [-0.15, -0.1) is 5.06 Å². The Labute approximate surface area is 172 Å². The molecular formula is C21H23F3N2O4. The fourth-order valence-electron chi connectivity index (χ4n) is 2.37. The minimum absolute atomic E-state index is 0.151. The van der Waals surface area contributed by atoms with Gasteiger partial charge in [0.1, 0.15) is 6.10 Å². The highest BCUT2D eigenvalue weighted by molar-refractivity contribution is 5.90. The number of hydrogen-bond donors (Lipinski definition) is 1. The Morgan fingerprint density at radius 3 is 2.47 bits per heavy atom. The number of benzene rings is 1. The Morgan fingerprint density at radius 2 is 1.90 bits per heavy atom. The first kappa shape index (κ1) is 23.1. The van der Waals surface area contributed by atoms with E-state index in [1.165, 1.54) is 12.1 Å². The number of carbonyl (C=O) groups excluding carboxylic acids is 2. The highest BCUT2D eigenvalue weighted by Gasteiger charge is 2.36. The van der Waals surface area contributed by atoms with Crippen molar-refractivity contribution in [1.29, 1.82) is 0 Å². The molecule has 0 bridgehead atoms. The van der Waals surface area contributed by atoms with E-state index < -0.39 is 36.0 Å². The van der Waals surface area contributed by atoms with Crippen LogP contribution in [-0.2, 0) is 9.57 Å². The lowest BCUT2D eigenvalue weighted by Crippen LogP contribution is -2.42. The number of hydroxylamine groups is 2. The van der Waals surface area contributed by atoms with E-state index in [1.807, 2.05) is 6.92 Å². The molecule has 1 aliphatic heterocycles. The second-order valence-corrected chi connectivity index (χ2v) is 6.73. The van der Waals surface area contributed by atoms with E-state index in [9.17, 15) is 22.8 Å². The topological polar surface area (TPSA) is 67.9 Å². The molecule has 1 heterocycles. The Kier molecular flexibility index (Phi) is 7.31. The maximum Gasteiger partial charge on any atom is 0.448 e. The molecule has 0 fully saturated rings. The van der Waals surface area contributed by atoms with Crippen molar-refractivity contribution in [2.75, 3.05) is 0 Å². The number of rotatable bonds is 5. The van der Waals surface area contributed by atoms with Crippen LogP contribution in [0.5, 0.6) is 0 Å². The molecule has 2 atom stereocenters. The van der Waals surface area contributed by atoms with E-state index in [0.717, 1.165) is 23.9 Å². The monoisotopic (exact) mass is 424 g/mol. The van der Waals surface area contributed by atoms with E-state index >= 15 is 0 Å². The first-order valence-electron chi connectivity index (χ1n) is 9.23. The van der Waals surface area contributed by atoms with E-state index in [1.54, 1.807) is 26.0 Å². The maximum atomic E-state index is 13.1. The molecule has 1 aliphatic rings. The van der Waals surface area contributed by atoms with Gasteiger partial charge in [-0.1, -0.05) is 31.2 Å². The predicted molar refractivity (Wildman–Crippen MR) is 104 cm³/mol. The average Bonchev–Trinajstić information content (AvgIpc) is 2.71. The molecule has 30 heavy (non-hydrogen) atoms. The zero-order valence-corrected chi connectivity index (χ0v) is 16.8. The van der Waals surface area contributed by atoms with Gasteiger partial charge in [0.05, 0.1) is 22.9 Å². The van der Waals surface area contributed by atoms with Crippen molar-refractivity contribution in [3.8, 4) is 0 Å². The highest BCUT2D eigenvalue weighted by atomic mass is 19.4. The Hall–Kier alpha value is -3.23. The number of amides is 1. The van der Waals surface area contributed by atoms with Crippen LogP contribution in [0, 0.1) is 6.92 Å². The second kappa shape index (κ2) is 9.51. The zero-order valence-electron chi connectivity index (χ0n) is 16.8. The summed E-state index contributed by atoms with van der Waals surface area (Å²) >= 11 is 0. The molecule has 1 aromatic carbocycles. The summed E-state index contributed by atoms with van der Waals surface area (Å²) in [5.74, 6) is -0.886. The fraction of sp³-hybridized carbons (Fsp3) is 0.333. The number of carbonyl (C=O) groups is 2. The number of allylic oxidation sites excluding steroid dienone is 2. The summed E-state index contributed by atoms with van der Waals surface area (Å²) in [6.07, 6.45) is -2.90. The molecule has 6 nitrogen and oxygen atoms in total. The van der Waals surface area contributed by atoms with Gasteiger partial charge in [-0.25, -0.2) is 9.59 Å². The molecule has 1 aromatic rings. The summed E-state index contributed by atoms with van der Waals surface area (Å²) in [5, 5.41) is 3.13. The summed E-state index contributed by atoms with van der Waals surface area (Å²) in [4.78, 5) is 30.2. The first-order valence-corrected chi connectivity index (χ1v) is 9.23. The van der Waals surface area contributed by atoms with Gasteiger partial charge in [-0.05, 0) is 50.8 Å². The van der Waals surface area contributed by atoms with Gasteiger partial charge in [0.15, 0.2) is 0 Å². The maximum absolute atomic E-state index is 13.1. The molecule has 2 rings (SSSR count). The summed E-state index contributed by atoms with van der Waals surface area (Å²) in [5.41, 5.74) is -0.105. The van der Waals surface area contributed by atoms with Crippen molar-refractivity contribution in [2.45, 2.75) is 45.5 Å². The van der Waals surface area contributed by atoms with Crippen molar-refractivity contribution in [1.82, 2.24) is 10.4 Å². The summed E-state index contributed by atoms with van der Waals surface area (Å²) in [7, 11) is 0. The van der Waals surface area contributed by atoms with Gasteiger partial charge in [0.25, 0.3) is 0 Å². The number of alkyl halides is 3. The van der Waals surface area contributed by atoms with Crippen molar-refractivity contribution >= 4 is 12.1 Å². The molecule has 162 valence electrons. The van der Waals surface area contributed by atoms with E-state index in [-0.39, 0.29) is 11.3 Å². The van der Waals surface area contributed by atoms with E-state index in [2.05, 4.69) is 11.9 Å². The molecule has 1 amide bonds. The molecular weight excluding hydrogens is 401 g/mol. The predicted octanol–water partition coefficient (Wildman–Crippen LogP) is 4.79. The number of ether oxygens (including phenoxy) is 1. The molecule has 0 saturated heterocycles. The van der Waals surface area contributed by atoms with Crippen LogP contribution in [0.25, 0.3) is 0 Å². The molecule has 0 radical (unpaired) electrons. The number of aryl methyl sites for hydroxylation is 1. The lowest BCUT2D eigenvalue weighted by Gasteiger charge is -2.29. The highest BCUT2D eigenvalue weighted by Crippen LogP contribution is 2.29. The molecule has 0 saturated carbocycles. The normalized spacial score (nSPS) is 16.7. The zero-order chi connectivity index (χ0) is 22.5. The van der Waals surface area contributed by atoms with Crippen LogP contribution in [0.1, 0.15) is 36.2 Å². The van der Waals surface area contributed by atoms with Crippen molar-refractivity contribution < 1.29 is 32.3 Å². The van der Waals surface area contributed by atoms with Crippen molar-refractivity contribution in [2.24, 2.45) is 0 Å². The molecule has 0 aliphatic carbocycles. The Bertz CT molecular complexity index is 860. The van der Waals surface area contributed by atoms with Crippen molar-refractivity contribution in [3.63, 3.8) is 0 Å². The van der Waals surface area contributed by atoms with E-state index in [4.69, 9.17) is 9.57 Å². The Morgan fingerprint density at radius 1 is 1.27 bits per heavy atom. The van der Waals surface area contributed by atoms with Crippen LogP contribution in [0.15, 0.2) is 60.5 Å². The third-order valence-electron chi connectivity index (χ3n) is 4.34.